The van der Waals surface area contributed by atoms with Crippen LogP contribution in [0.4, 0.5) is 4.39 Å². The number of hydrogen-bond acceptors (Lipinski definition) is 1. The van der Waals surface area contributed by atoms with E-state index < -0.39 is 11.7 Å². The Hall–Kier alpha value is -2.53. The van der Waals surface area contributed by atoms with Gasteiger partial charge in [0, 0.05) is 24.7 Å². The molecule has 0 saturated heterocycles. The van der Waals surface area contributed by atoms with Crippen molar-refractivity contribution in [2.24, 2.45) is 0 Å². The fourth-order valence-corrected chi connectivity index (χ4v) is 5.11. The molecule has 0 aliphatic heterocycles. The van der Waals surface area contributed by atoms with Crippen LogP contribution in [0, 0.1) is 5.82 Å². The van der Waals surface area contributed by atoms with Crippen molar-refractivity contribution in [2.45, 2.75) is 38.1 Å². The van der Waals surface area contributed by atoms with Crippen molar-refractivity contribution in [3.63, 3.8) is 0 Å². The lowest BCUT2D eigenvalue weighted by atomic mass is 9.80. The molecule has 1 aromatic heterocycles. The largest absolute Gasteiger partial charge is 0.360 e. The number of rotatable bonds is 7. The lowest BCUT2D eigenvalue weighted by Gasteiger charge is -2.27. The van der Waals surface area contributed by atoms with Gasteiger partial charge in [-0.15, -0.1) is 0 Å². The van der Waals surface area contributed by atoms with E-state index in [1.165, 1.54) is 30.9 Å². The molecule has 0 bridgehead atoms. The Morgan fingerprint density at radius 2 is 1.69 bits per heavy atom. The van der Waals surface area contributed by atoms with E-state index in [9.17, 15) is 4.79 Å². The van der Waals surface area contributed by atoms with Gasteiger partial charge < -0.3 is 9.88 Å². The Kier molecular flexibility index (Phi) is 7.06. The molecule has 1 fully saturated rings. The van der Waals surface area contributed by atoms with E-state index in [0.29, 0.717) is 46.4 Å². The molecule has 0 radical (unpaired) electrons. The summed E-state index contributed by atoms with van der Waals surface area (Å²) in [5, 5.41) is 1.55. The van der Waals surface area contributed by atoms with Crippen LogP contribution in [-0.4, -0.2) is 22.3 Å². The highest BCUT2D eigenvalue weighted by Gasteiger charge is 2.25. The molecule has 1 heterocycles. The van der Waals surface area contributed by atoms with Crippen molar-refractivity contribution in [1.29, 1.82) is 0 Å². The molecule has 1 N–H and O–H groups in total. The number of fused-ring (bicyclic) bond motifs is 1. The maximum absolute atomic E-state index is 15.2. The number of H-pyrrole nitrogens is 1. The zero-order chi connectivity index (χ0) is 24.5. The molecule has 1 aliphatic rings. The molecule has 7 heteroatoms. The van der Waals surface area contributed by atoms with E-state index in [-0.39, 0.29) is 10.6 Å². The van der Waals surface area contributed by atoms with Gasteiger partial charge in [-0.1, -0.05) is 71.6 Å². The number of aromatic nitrogens is 1. The quantitative estimate of drug-likeness (QED) is 0.256. The van der Waals surface area contributed by atoms with Gasteiger partial charge in [0.15, 0.2) is 5.82 Å². The van der Waals surface area contributed by atoms with E-state index in [0.717, 1.165) is 11.1 Å². The number of hydrogen-bond donors (Lipinski definition) is 1. The fraction of sp³-hybridized carbons (Fsp3) is 0.250. The zero-order valence-electron chi connectivity index (χ0n) is 19.0. The third kappa shape index (κ3) is 5.06. The van der Waals surface area contributed by atoms with Gasteiger partial charge in [-0.25, -0.2) is 4.39 Å². The smallest absolute Gasteiger partial charge is 0.259 e. The average Bonchev–Trinajstić information content (AvgIpc) is 3.27. The minimum absolute atomic E-state index is 0.0438. The Bertz CT molecular complexity index is 1380. The van der Waals surface area contributed by atoms with Crippen LogP contribution in [0.1, 0.15) is 52.2 Å². The monoisotopic (exact) mass is 528 g/mol. The molecule has 1 saturated carbocycles. The summed E-state index contributed by atoms with van der Waals surface area (Å²) in [7, 11) is 0. The summed E-state index contributed by atoms with van der Waals surface area (Å²) in [4.78, 5) is 18.4. The van der Waals surface area contributed by atoms with Gasteiger partial charge in [-0.3, -0.25) is 4.79 Å². The second kappa shape index (κ2) is 10.2. The summed E-state index contributed by atoms with van der Waals surface area (Å²) in [5.41, 5.74) is 3.66. The van der Waals surface area contributed by atoms with Crippen LogP contribution < -0.4 is 0 Å². The predicted octanol–water partition coefficient (Wildman–Crippen LogP) is 8.42. The van der Waals surface area contributed by atoms with Gasteiger partial charge in [0.2, 0.25) is 0 Å². The van der Waals surface area contributed by atoms with Gasteiger partial charge in [0.1, 0.15) is 5.56 Å². The number of amides is 1. The molecule has 1 amide bonds. The lowest BCUT2D eigenvalue weighted by molar-refractivity contribution is 0.0742. The first-order valence-corrected chi connectivity index (χ1v) is 12.8. The number of aromatic amines is 1. The van der Waals surface area contributed by atoms with Crippen LogP contribution in [-0.2, 0) is 13.0 Å². The summed E-state index contributed by atoms with van der Waals surface area (Å²) < 4.78 is 15.2. The first-order chi connectivity index (χ1) is 16.9. The van der Waals surface area contributed by atoms with Crippen LogP contribution in [0.25, 0.3) is 10.9 Å². The number of carbonyl (C=O) groups is 1. The molecular formula is C28H24Cl3FN2O. The van der Waals surface area contributed by atoms with Gasteiger partial charge >= 0.3 is 0 Å². The number of nitrogens with zero attached hydrogens (tertiary/aromatic N) is 1. The summed E-state index contributed by atoms with van der Waals surface area (Å²) in [6.07, 6.45) is 5.96. The first kappa shape index (κ1) is 24.2. The molecule has 180 valence electrons. The molecule has 0 unspecified atom stereocenters. The van der Waals surface area contributed by atoms with Crippen LogP contribution in [0.3, 0.4) is 0 Å². The summed E-state index contributed by atoms with van der Waals surface area (Å²) in [5.74, 6) is -0.495. The first-order valence-electron chi connectivity index (χ1n) is 11.7. The van der Waals surface area contributed by atoms with Crippen LogP contribution in [0.15, 0.2) is 60.8 Å². The maximum atomic E-state index is 15.2. The highest BCUT2D eigenvalue weighted by molar-refractivity contribution is 6.42. The number of nitrogens with one attached hydrogen (secondary N) is 1. The van der Waals surface area contributed by atoms with E-state index >= 15 is 4.39 Å². The Balaban J connectivity index is 1.45. The average molecular weight is 530 g/mol. The van der Waals surface area contributed by atoms with E-state index in [1.807, 2.05) is 6.07 Å². The minimum atomic E-state index is -0.716. The standard InChI is InChI=1S/C28H24Cl3FN2O/c29-22-9-6-17(14-23(22)30)11-13-34(16-18-4-7-20(8-5-18)19-2-1-3-19)28(35)25-26(32)24(31)15-21-10-12-33-27(21)25/h4-10,12,14-15,19,33H,1-3,11,13,16H2. The molecular weight excluding hydrogens is 506 g/mol. The second-order valence-corrected chi connectivity index (χ2v) is 10.3. The van der Waals surface area contributed by atoms with Crippen molar-refractivity contribution in [3.05, 3.63) is 104 Å². The minimum Gasteiger partial charge on any atom is -0.360 e. The summed E-state index contributed by atoms with van der Waals surface area (Å²) in [6, 6.07) is 17.1. The third-order valence-electron chi connectivity index (χ3n) is 6.83. The van der Waals surface area contributed by atoms with Crippen molar-refractivity contribution in [2.75, 3.05) is 6.54 Å². The number of carbonyl (C=O) groups excluding carboxylic acids is 1. The highest BCUT2D eigenvalue weighted by atomic mass is 35.5. The van der Waals surface area contributed by atoms with Crippen LogP contribution in [0.5, 0.6) is 0 Å². The van der Waals surface area contributed by atoms with E-state index in [4.69, 9.17) is 34.8 Å². The zero-order valence-corrected chi connectivity index (χ0v) is 21.2. The lowest BCUT2D eigenvalue weighted by Crippen LogP contribution is -2.33. The SMILES string of the molecule is O=C(c1c(F)c(Cl)cc2cc[nH]c12)N(CCc1ccc(Cl)c(Cl)c1)Cc1ccc(C2CCC2)cc1. The number of halogens is 4. The number of benzene rings is 3. The van der Waals surface area contributed by atoms with Gasteiger partial charge in [0.05, 0.1) is 20.6 Å². The van der Waals surface area contributed by atoms with Crippen LogP contribution in [0.2, 0.25) is 15.1 Å². The fourth-order valence-electron chi connectivity index (χ4n) is 4.57. The van der Waals surface area contributed by atoms with Crippen molar-refractivity contribution in [3.8, 4) is 0 Å². The highest BCUT2D eigenvalue weighted by Crippen LogP contribution is 2.36. The van der Waals surface area contributed by atoms with Crippen LogP contribution >= 0.6 is 34.8 Å². The van der Waals surface area contributed by atoms with Crippen molar-refractivity contribution in [1.82, 2.24) is 9.88 Å². The molecule has 3 aromatic carbocycles. The normalized spacial score (nSPS) is 13.7. The molecule has 0 atom stereocenters. The summed E-state index contributed by atoms with van der Waals surface area (Å²) >= 11 is 18.4. The van der Waals surface area contributed by atoms with Gasteiger partial charge in [-0.2, -0.15) is 0 Å². The van der Waals surface area contributed by atoms with Crippen molar-refractivity contribution < 1.29 is 9.18 Å². The molecule has 0 spiro atoms. The Morgan fingerprint density at radius 1 is 0.943 bits per heavy atom. The molecule has 35 heavy (non-hydrogen) atoms. The van der Waals surface area contributed by atoms with E-state index in [2.05, 4.69) is 29.2 Å². The maximum Gasteiger partial charge on any atom is 0.259 e. The molecule has 1 aliphatic carbocycles. The van der Waals surface area contributed by atoms with Gasteiger partial charge in [-0.05, 0) is 66.1 Å². The molecule has 3 nitrogen and oxygen atoms in total. The molecule has 5 rings (SSSR count). The van der Waals surface area contributed by atoms with E-state index in [1.54, 1.807) is 29.3 Å². The third-order valence-corrected chi connectivity index (χ3v) is 7.84. The Labute approximate surface area is 218 Å². The van der Waals surface area contributed by atoms with Crippen molar-refractivity contribution >= 4 is 51.6 Å². The summed E-state index contributed by atoms with van der Waals surface area (Å²) in [6.45, 7) is 0.717. The van der Waals surface area contributed by atoms with Gasteiger partial charge in [0.25, 0.3) is 5.91 Å². The topological polar surface area (TPSA) is 36.1 Å². The Morgan fingerprint density at radius 3 is 2.37 bits per heavy atom. The molecule has 4 aromatic rings. The predicted molar refractivity (Wildman–Crippen MR) is 141 cm³/mol. The second-order valence-electron chi connectivity index (χ2n) is 9.08.